The number of rotatable bonds is 6. The summed E-state index contributed by atoms with van der Waals surface area (Å²) in [7, 11) is 0. The van der Waals surface area contributed by atoms with Gasteiger partial charge in [0.1, 0.15) is 0 Å². The third-order valence-corrected chi connectivity index (χ3v) is 5.32. The second-order valence-corrected chi connectivity index (χ2v) is 7.23. The monoisotopic (exact) mass is 389 g/mol. The van der Waals surface area contributed by atoms with Gasteiger partial charge in [-0.3, -0.25) is 9.48 Å². The minimum Gasteiger partial charge on any atom is -0.476 e. The van der Waals surface area contributed by atoms with E-state index in [1.807, 2.05) is 41.1 Å². The van der Waals surface area contributed by atoms with E-state index in [1.165, 1.54) is 5.56 Å². The Morgan fingerprint density at radius 3 is 2.38 bits per heavy atom. The fourth-order valence-electron chi connectivity index (χ4n) is 3.86. The summed E-state index contributed by atoms with van der Waals surface area (Å²) in [5, 5.41) is 14.0. The molecule has 4 rings (SSSR count). The van der Waals surface area contributed by atoms with E-state index in [0.29, 0.717) is 30.6 Å². The van der Waals surface area contributed by atoms with E-state index in [-0.39, 0.29) is 18.1 Å². The molecule has 0 unspecified atom stereocenters. The molecule has 1 N–H and O–H groups in total. The molecule has 2 heterocycles. The quantitative estimate of drug-likeness (QED) is 0.701. The van der Waals surface area contributed by atoms with Crippen molar-refractivity contribution in [1.82, 2.24) is 14.7 Å². The average molecular weight is 389 g/mol. The number of aryl methyl sites for hydroxylation is 2. The molecule has 0 saturated heterocycles. The van der Waals surface area contributed by atoms with Gasteiger partial charge >= 0.3 is 5.97 Å². The topological polar surface area (TPSA) is 75.4 Å². The van der Waals surface area contributed by atoms with Gasteiger partial charge in [-0.05, 0) is 30.5 Å². The summed E-state index contributed by atoms with van der Waals surface area (Å²) >= 11 is 0. The molecule has 0 spiro atoms. The van der Waals surface area contributed by atoms with Gasteiger partial charge in [0, 0.05) is 36.3 Å². The molecule has 0 saturated carbocycles. The van der Waals surface area contributed by atoms with E-state index in [9.17, 15) is 14.7 Å². The van der Waals surface area contributed by atoms with Gasteiger partial charge in [0.25, 0.3) is 5.91 Å². The van der Waals surface area contributed by atoms with E-state index in [2.05, 4.69) is 17.2 Å². The van der Waals surface area contributed by atoms with E-state index in [4.69, 9.17) is 0 Å². The van der Waals surface area contributed by atoms with Gasteiger partial charge in [-0.2, -0.15) is 5.10 Å². The number of hydrogen-bond acceptors (Lipinski definition) is 3. The van der Waals surface area contributed by atoms with Crippen molar-refractivity contribution in [3.05, 3.63) is 88.7 Å². The molecular weight excluding hydrogens is 366 g/mol. The first kappa shape index (κ1) is 18.9. The Morgan fingerprint density at radius 2 is 1.69 bits per heavy atom. The summed E-state index contributed by atoms with van der Waals surface area (Å²) in [4.78, 5) is 26.2. The lowest BCUT2D eigenvalue weighted by atomic mass is 10.0. The fourth-order valence-corrected chi connectivity index (χ4v) is 3.86. The molecule has 1 aliphatic rings. The number of aromatic nitrogens is 2. The second-order valence-electron chi connectivity index (χ2n) is 7.23. The third kappa shape index (κ3) is 4.06. The number of benzene rings is 2. The number of nitrogens with zero attached hydrogens (tertiary/aromatic N) is 3. The van der Waals surface area contributed by atoms with Crippen molar-refractivity contribution in [2.45, 2.75) is 32.4 Å². The minimum absolute atomic E-state index is 0.0604. The van der Waals surface area contributed by atoms with E-state index in [0.717, 1.165) is 18.5 Å². The van der Waals surface area contributed by atoms with Gasteiger partial charge in [-0.1, -0.05) is 48.5 Å². The average Bonchev–Trinajstić information content (AvgIpc) is 3.13. The summed E-state index contributed by atoms with van der Waals surface area (Å²) in [5.41, 5.74) is 3.53. The molecule has 29 heavy (non-hydrogen) atoms. The molecule has 0 fully saturated rings. The molecule has 0 aliphatic carbocycles. The molecule has 1 aliphatic heterocycles. The van der Waals surface area contributed by atoms with Crippen molar-refractivity contribution in [2.75, 3.05) is 6.54 Å². The summed E-state index contributed by atoms with van der Waals surface area (Å²) in [6, 6.07) is 19.3. The molecule has 3 aromatic rings. The standard InChI is InChI=1S/C23H23N3O3/c27-22(18-11-5-2-6-12-18)25-15-13-20-19(16-25)21(23(28)29)24-26(20)14-7-10-17-8-3-1-4-9-17/h1-6,8-9,11-12H,7,10,13-16H2,(H,28,29). The maximum atomic E-state index is 12.8. The molecule has 6 heteroatoms. The second kappa shape index (κ2) is 8.31. The first-order valence-corrected chi connectivity index (χ1v) is 9.83. The molecule has 1 amide bonds. The lowest BCUT2D eigenvalue weighted by Gasteiger charge is -2.28. The predicted molar refractivity (Wildman–Crippen MR) is 109 cm³/mol. The summed E-state index contributed by atoms with van der Waals surface area (Å²) in [6.07, 6.45) is 2.40. The van der Waals surface area contributed by atoms with Crippen LogP contribution < -0.4 is 0 Å². The van der Waals surface area contributed by atoms with Crippen LogP contribution in [0.1, 0.15) is 44.1 Å². The van der Waals surface area contributed by atoms with Crippen LogP contribution in [-0.4, -0.2) is 38.2 Å². The Labute approximate surface area is 169 Å². The van der Waals surface area contributed by atoms with Crippen LogP contribution in [0, 0.1) is 0 Å². The largest absolute Gasteiger partial charge is 0.476 e. The number of carboxylic acid groups (broad SMARTS) is 1. The molecule has 148 valence electrons. The zero-order valence-corrected chi connectivity index (χ0v) is 16.1. The molecule has 6 nitrogen and oxygen atoms in total. The number of carbonyl (C=O) groups is 2. The Morgan fingerprint density at radius 1 is 1.00 bits per heavy atom. The maximum Gasteiger partial charge on any atom is 0.356 e. The van der Waals surface area contributed by atoms with Crippen LogP contribution in [0.3, 0.4) is 0 Å². The van der Waals surface area contributed by atoms with Crippen LogP contribution >= 0.6 is 0 Å². The molecule has 0 radical (unpaired) electrons. The Bertz CT molecular complexity index is 1010. The minimum atomic E-state index is -1.04. The number of aromatic carboxylic acids is 1. The summed E-state index contributed by atoms with van der Waals surface area (Å²) in [6.45, 7) is 1.50. The zero-order chi connectivity index (χ0) is 20.2. The van der Waals surface area contributed by atoms with Crippen molar-refractivity contribution >= 4 is 11.9 Å². The zero-order valence-electron chi connectivity index (χ0n) is 16.1. The lowest BCUT2D eigenvalue weighted by molar-refractivity contribution is 0.0674. The highest BCUT2D eigenvalue weighted by Crippen LogP contribution is 2.24. The third-order valence-electron chi connectivity index (χ3n) is 5.32. The van der Waals surface area contributed by atoms with Crippen molar-refractivity contribution < 1.29 is 14.7 Å². The van der Waals surface area contributed by atoms with Gasteiger partial charge in [0.15, 0.2) is 5.69 Å². The highest BCUT2D eigenvalue weighted by atomic mass is 16.4. The normalized spacial score (nSPS) is 13.2. The first-order valence-electron chi connectivity index (χ1n) is 9.83. The maximum absolute atomic E-state index is 12.8. The van der Waals surface area contributed by atoms with E-state index >= 15 is 0 Å². The predicted octanol–water partition coefficient (Wildman–Crippen LogP) is 3.41. The van der Waals surface area contributed by atoms with Crippen LogP contribution in [0.2, 0.25) is 0 Å². The molecule has 1 aromatic heterocycles. The molecule has 0 bridgehead atoms. The number of hydrogen-bond donors (Lipinski definition) is 1. The van der Waals surface area contributed by atoms with Crippen LogP contribution in [0.4, 0.5) is 0 Å². The van der Waals surface area contributed by atoms with Gasteiger partial charge in [0.2, 0.25) is 0 Å². The Kier molecular flexibility index (Phi) is 5.42. The van der Waals surface area contributed by atoms with Crippen molar-refractivity contribution in [1.29, 1.82) is 0 Å². The number of fused-ring (bicyclic) bond motifs is 1. The van der Waals surface area contributed by atoms with Gasteiger partial charge in [0.05, 0.1) is 6.54 Å². The van der Waals surface area contributed by atoms with E-state index < -0.39 is 5.97 Å². The first-order chi connectivity index (χ1) is 14.1. The van der Waals surface area contributed by atoms with Gasteiger partial charge in [-0.15, -0.1) is 0 Å². The number of amides is 1. The molecule has 0 atom stereocenters. The number of carbonyl (C=O) groups excluding carboxylic acids is 1. The fraction of sp³-hybridized carbons (Fsp3) is 0.261. The van der Waals surface area contributed by atoms with Crippen LogP contribution in [0.5, 0.6) is 0 Å². The van der Waals surface area contributed by atoms with Crippen molar-refractivity contribution in [2.24, 2.45) is 0 Å². The smallest absolute Gasteiger partial charge is 0.356 e. The van der Waals surface area contributed by atoms with Gasteiger partial charge < -0.3 is 10.0 Å². The summed E-state index contributed by atoms with van der Waals surface area (Å²) in [5.74, 6) is -1.12. The highest BCUT2D eigenvalue weighted by Gasteiger charge is 2.30. The Balaban J connectivity index is 1.51. The van der Waals surface area contributed by atoms with Crippen LogP contribution in [0.15, 0.2) is 60.7 Å². The summed E-state index contributed by atoms with van der Waals surface area (Å²) < 4.78 is 1.83. The van der Waals surface area contributed by atoms with Crippen molar-refractivity contribution in [3.63, 3.8) is 0 Å². The SMILES string of the molecule is O=C(O)c1nn(CCCc2ccccc2)c2c1CN(C(=O)c1ccccc1)CC2. The molecular formula is C23H23N3O3. The van der Waals surface area contributed by atoms with Crippen molar-refractivity contribution in [3.8, 4) is 0 Å². The molecule has 2 aromatic carbocycles. The Hall–Kier alpha value is -3.41. The van der Waals surface area contributed by atoms with E-state index in [1.54, 1.807) is 17.0 Å². The highest BCUT2D eigenvalue weighted by molar-refractivity contribution is 5.94. The van der Waals surface area contributed by atoms with Gasteiger partial charge in [-0.25, -0.2) is 4.79 Å². The van der Waals surface area contributed by atoms with Crippen LogP contribution in [0.25, 0.3) is 0 Å². The lowest BCUT2D eigenvalue weighted by Crippen LogP contribution is -2.36. The number of carboxylic acids is 1. The van der Waals surface area contributed by atoms with Crippen LogP contribution in [-0.2, 0) is 25.9 Å².